The van der Waals surface area contributed by atoms with E-state index < -0.39 is 29.3 Å². The van der Waals surface area contributed by atoms with Gasteiger partial charge in [0.1, 0.15) is 6.54 Å². The lowest BCUT2D eigenvalue weighted by atomic mass is 10.3. The van der Waals surface area contributed by atoms with Gasteiger partial charge in [-0.05, 0) is 25.1 Å². The Balaban J connectivity index is 2.16. The number of amides is 1. The maximum absolute atomic E-state index is 12.7. The van der Waals surface area contributed by atoms with Crippen molar-refractivity contribution in [1.29, 1.82) is 0 Å². The molecule has 1 aromatic carbocycles. The average molecular weight is 352 g/mol. The fraction of sp³-hybridized carbons (Fsp3) is 0.231. The molecule has 1 heterocycles. The molecule has 0 bridgehead atoms. The van der Waals surface area contributed by atoms with Gasteiger partial charge >= 0.3 is 6.18 Å². The maximum atomic E-state index is 12.7. The smallest absolute Gasteiger partial charge is 0.324 e. The molecule has 1 aromatic heterocycles. The number of benzene rings is 1. The van der Waals surface area contributed by atoms with E-state index in [1.165, 1.54) is 13.0 Å². The van der Waals surface area contributed by atoms with Gasteiger partial charge in [-0.25, -0.2) is 0 Å². The Morgan fingerprint density at radius 3 is 2.59 bits per heavy atom. The van der Waals surface area contributed by atoms with Gasteiger partial charge in [-0.2, -0.15) is 18.3 Å². The monoisotopic (exact) mass is 351 g/mol. The van der Waals surface area contributed by atoms with Crippen LogP contribution in [0.1, 0.15) is 11.4 Å². The van der Waals surface area contributed by atoms with Crippen LogP contribution in [0.25, 0.3) is 0 Å². The molecule has 1 N–H and O–H groups in total. The van der Waals surface area contributed by atoms with Crippen molar-refractivity contribution < 1.29 is 18.0 Å². The summed E-state index contributed by atoms with van der Waals surface area (Å²) >= 11 is 11.4. The number of halogens is 5. The Hall–Kier alpha value is -1.73. The molecule has 118 valence electrons. The zero-order valence-electron chi connectivity index (χ0n) is 11.2. The second kappa shape index (κ2) is 6.18. The van der Waals surface area contributed by atoms with Crippen molar-refractivity contribution in [2.75, 3.05) is 5.32 Å². The minimum Gasteiger partial charge on any atom is -0.324 e. The third-order valence-corrected chi connectivity index (χ3v) is 3.49. The van der Waals surface area contributed by atoms with Crippen molar-refractivity contribution in [1.82, 2.24) is 9.78 Å². The summed E-state index contributed by atoms with van der Waals surface area (Å²) in [6, 6.07) is 6.39. The van der Waals surface area contributed by atoms with Crippen LogP contribution >= 0.6 is 23.2 Å². The largest absolute Gasteiger partial charge is 0.436 e. The van der Waals surface area contributed by atoms with Crippen LogP contribution in [0.3, 0.4) is 0 Å². The molecule has 2 rings (SSSR count). The number of nitrogens with one attached hydrogen (secondary N) is 1. The van der Waals surface area contributed by atoms with Crippen molar-refractivity contribution in [3.8, 4) is 0 Å². The second-order valence-electron chi connectivity index (χ2n) is 4.46. The second-order valence-corrected chi connectivity index (χ2v) is 5.28. The molecule has 0 saturated carbocycles. The normalized spacial score (nSPS) is 11.5. The highest BCUT2D eigenvalue weighted by atomic mass is 35.5. The number of aromatic nitrogens is 2. The Labute approximate surface area is 133 Å². The Kier molecular flexibility index (Phi) is 4.67. The van der Waals surface area contributed by atoms with E-state index >= 15 is 0 Å². The first kappa shape index (κ1) is 16.6. The zero-order chi connectivity index (χ0) is 16.5. The lowest BCUT2D eigenvalue weighted by Gasteiger charge is -2.07. The van der Waals surface area contributed by atoms with Gasteiger partial charge in [0.25, 0.3) is 0 Å². The molecule has 4 nitrogen and oxygen atoms in total. The SMILES string of the molecule is Cc1c(Cl)c(C(F)(F)F)nn1CC(=O)Nc1cccc(Cl)c1. The summed E-state index contributed by atoms with van der Waals surface area (Å²) in [6.07, 6.45) is -4.67. The van der Waals surface area contributed by atoms with Gasteiger partial charge in [0.2, 0.25) is 5.91 Å². The topological polar surface area (TPSA) is 46.9 Å². The predicted octanol–water partition coefficient (Wildman–Crippen LogP) is 4.16. The minimum absolute atomic E-state index is 0.0650. The molecule has 1 amide bonds. The number of hydrogen-bond acceptors (Lipinski definition) is 2. The number of anilines is 1. The van der Waals surface area contributed by atoms with E-state index in [0.717, 1.165) is 4.68 Å². The molecule has 0 radical (unpaired) electrons. The van der Waals surface area contributed by atoms with Crippen LogP contribution < -0.4 is 5.32 Å². The van der Waals surface area contributed by atoms with Crippen LogP contribution in [0.2, 0.25) is 10.0 Å². The lowest BCUT2D eigenvalue weighted by molar-refractivity contribution is -0.141. The molecular formula is C13H10Cl2F3N3O. The summed E-state index contributed by atoms with van der Waals surface area (Å²) in [5.41, 5.74) is -0.707. The first-order valence-electron chi connectivity index (χ1n) is 6.04. The fourth-order valence-corrected chi connectivity index (χ4v) is 2.19. The molecule has 0 saturated heterocycles. The van der Waals surface area contributed by atoms with Crippen LogP contribution in [-0.4, -0.2) is 15.7 Å². The molecule has 0 aliphatic carbocycles. The van der Waals surface area contributed by atoms with Crippen molar-refractivity contribution in [3.63, 3.8) is 0 Å². The van der Waals surface area contributed by atoms with E-state index in [9.17, 15) is 18.0 Å². The van der Waals surface area contributed by atoms with Crippen molar-refractivity contribution >= 4 is 34.8 Å². The maximum Gasteiger partial charge on any atom is 0.436 e. The molecule has 2 aromatic rings. The van der Waals surface area contributed by atoms with Gasteiger partial charge in [-0.15, -0.1) is 0 Å². The van der Waals surface area contributed by atoms with Gasteiger partial charge in [-0.1, -0.05) is 29.3 Å². The molecule has 9 heteroatoms. The zero-order valence-corrected chi connectivity index (χ0v) is 12.7. The highest BCUT2D eigenvalue weighted by Crippen LogP contribution is 2.35. The van der Waals surface area contributed by atoms with Crippen molar-refractivity contribution in [3.05, 3.63) is 45.7 Å². The van der Waals surface area contributed by atoms with E-state index in [0.29, 0.717) is 10.7 Å². The molecule has 0 aliphatic heterocycles. The highest BCUT2D eigenvalue weighted by molar-refractivity contribution is 6.32. The lowest BCUT2D eigenvalue weighted by Crippen LogP contribution is -2.20. The number of nitrogens with zero attached hydrogens (tertiary/aromatic N) is 2. The fourth-order valence-electron chi connectivity index (χ4n) is 1.76. The predicted molar refractivity (Wildman–Crippen MR) is 77.1 cm³/mol. The average Bonchev–Trinajstić information content (AvgIpc) is 2.67. The van der Waals surface area contributed by atoms with Crippen LogP contribution in [-0.2, 0) is 17.5 Å². The first-order chi connectivity index (χ1) is 10.2. The molecule has 22 heavy (non-hydrogen) atoms. The van der Waals surface area contributed by atoms with Crippen LogP contribution in [0.5, 0.6) is 0 Å². The van der Waals surface area contributed by atoms with Crippen LogP contribution in [0.4, 0.5) is 18.9 Å². The third kappa shape index (κ3) is 3.72. The number of alkyl halides is 3. The van der Waals surface area contributed by atoms with Gasteiger partial charge in [0, 0.05) is 10.7 Å². The van der Waals surface area contributed by atoms with E-state index in [1.807, 2.05) is 0 Å². The highest BCUT2D eigenvalue weighted by Gasteiger charge is 2.38. The first-order valence-corrected chi connectivity index (χ1v) is 6.79. The molecule has 0 spiro atoms. The van der Waals surface area contributed by atoms with E-state index in [2.05, 4.69) is 10.4 Å². The Morgan fingerprint density at radius 2 is 2.05 bits per heavy atom. The third-order valence-electron chi connectivity index (χ3n) is 2.80. The molecule has 0 aliphatic rings. The minimum atomic E-state index is -4.67. The summed E-state index contributed by atoms with van der Waals surface area (Å²) in [4.78, 5) is 11.9. The van der Waals surface area contributed by atoms with E-state index in [1.54, 1.807) is 18.2 Å². The quantitative estimate of drug-likeness (QED) is 0.902. The summed E-state index contributed by atoms with van der Waals surface area (Å²) < 4.78 is 39.0. The van der Waals surface area contributed by atoms with Crippen LogP contribution in [0.15, 0.2) is 24.3 Å². The summed E-state index contributed by atoms with van der Waals surface area (Å²) in [7, 11) is 0. The molecule has 0 atom stereocenters. The van der Waals surface area contributed by atoms with Gasteiger partial charge in [0.15, 0.2) is 5.69 Å². The number of carbonyl (C=O) groups excluding carboxylic acids is 1. The number of carbonyl (C=O) groups is 1. The van der Waals surface area contributed by atoms with Crippen LogP contribution in [0, 0.1) is 6.92 Å². The number of rotatable bonds is 3. The summed E-state index contributed by atoms with van der Waals surface area (Å²) in [5, 5.41) is 5.79. The molecule has 0 fully saturated rings. The van der Waals surface area contributed by atoms with E-state index in [4.69, 9.17) is 23.2 Å². The standard InChI is InChI=1S/C13H10Cl2F3N3O/c1-7-11(15)12(13(16,17)18)20-21(7)6-10(22)19-9-4-2-3-8(14)5-9/h2-5H,6H2,1H3,(H,19,22). The van der Waals surface area contributed by atoms with Crippen molar-refractivity contribution in [2.24, 2.45) is 0 Å². The molecular weight excluding hydrogens is 342 g/mol. The Bertz CT molecular complexity index is 713. The Morgan fingerprint density at radius 1 is 1.36 bits per heavy atom. The van der Waals surface area contributed by atoms with Gasteiger partial charge < -0.3 is 5.32 Å². The van der Waals surface area contributed by atoms with E-state index in [-0.39, 0.29) is 5.69 Å². The van der Waals surface area contributed by atoms with Gasteiger partial charge in [-0.3, -0.25) is 9.48 Å². The summed E-state index contributed by atoms with van der Waals surface area (Å²) in [6.45, 7) is 0.964. The van der Waals surface area contributed by atoms with Crippen molar-refractivity contribution in [2.45, 2.75) is 19.6 Å². The number of hydrogen-bond donors (Lipinski definition) is 1. The molecule has 0 unspecified atom stereocenters. The summed E-state index contributed by atoms with van der Waals surface area (Å²) in [5.74, 6) is -0.543. The van der Waals surface area contributed by atoms with Gasteiger partial charge in [0.05, 0.1) is 10.7 Å².